The molecule has 2 unspecified atom stereocenters. The van der Waals surface area contributed by atoms with Crippen molar-refractivity contribution >= 4 is 11.9 Å². The van der Waals surface area contributed by atoms with Gasteiger partial charge >= 0.3 is 11.9 Å². The fourth-order valence-corrected chi connectivity index (χ4v) is 2.89. The third kappa shape index (κ3) is 3.91. The number of hydrogen-bond donors (Lipinski definition) is 2. The van der Waals surface area contributed by atoms with Crippen LogP contribution in [0, 0.1) is 17.2 Å². The third-order valence-corrected chi connectivity index (χ3v) is 4.05. The van der Waals surface area contributed by atoms with Crippen LogP contribution in [0.4, 0.5) is 8.78 Å². The molecule has 2 N–H and O–H groups in total. The second kappa shape index (κ2) is 7.98. The molecule has 2 heterocycles. The van der Waals surface area contributed by atoms with Crippen LogP contribution in [-0.4, -0.2) is 41.7 Å². The van der Waals surface area contributed by atoms with Crippen molar-refractivity contribution in [3.63, 3.8) is 0 Å². The highest BCUT2D eigenvalue weighted by atomic mass is 19.3. The molecule has 0 spiro atoms. The molecule has 2 rings (SSSR count). The molecule has 1 aliphatic rings. The molecule has 1 saturated heterocycles. The Kier molecular flexibility index (Phi) is 5.98. The van der Waals surface area contributed by atoms with Crippen molar-refractivity contribution < 1.29 is 28.2 Å². The highest BCUT2D eigenvalue weighted by molar-refractivity contribution is 5.91. The van der Waals surface area contributed by atoms with Gasteiger partial charge in [-0.25, -0.2) is 18.6 Å². The summed E-state index contributed by atoms with van der Waals surface area (Å²) in [6.45, 7) is 2.18. The number of halogens is 2. The molecule has 2 atom stereocenters. The number of ether oxygens (including phenoxy) is 1. The van der Waals surface area contributed by atoms with Gasteiger partial charge in [0, 0.05) is 12.5 Å². The lowest BCUT2D eigenvalue weighted by Gasteiger charge is -2.29. The second-order valence-electron chi connectivity index (χ2n) is 5.53. The molecule has 25 heavy (non-hydrogen) atoms. The summed E-state index contributed by atoms with van der Waals surface area (Å²) in [7, 11) is 0. The quantitative estimate of drug-likeness (QED) is 0.777. The average molecular weight is 353 g/mol. The number of aromatic nitrogens is 1. The van der Waals surface area contributed by atoms with Gasteiger partial charge in [0.1, 0.15) is 11.8 Å². The maximum atomic E-state index is 13.4. The van der Waals surface area contributed by atoms with Crippen molar-refractivity contribution in [1.82, 2.24) is 10.3 Å². The van der Waals surface area contributed by atoms with Gasteiger partial charge in [0.05, 0.1) is 29.3 Å². The van der Waals surface area contributed by atoms with Gasteiger partial charge in [-0.1, -0.05) is 0 Å². The number of nitrogens with zero attached hydrogens (tertiary/aromatic N) is 2. The Morgan fingerprint density at radius 3 is 2.84 bits per heavy atom. The van der Waals surface area contributed by atoms with E-state index in [0.29, 0.717) is 6.54 Å². The molecule has 9 heteroatoms. The van der Waals surface area contributed by atoms with Gasteiger partial charge in [-0.3, -0.25) is 4.79 Å². The van der Waals surface area contributed by atoms with Crippen molar-refractivity contribution in [1.29, 1.82) is 5.26 Å². The number of nitrogens with one attached hydrogen (secondary N) is 1. The fourth-order valence-electron chi connectivity index (χ4n) is 2.89. The number of alkyl halides is 2. The van der Waals surface area contributed by atoms with E-state index in [1.54, 1.807) is 0 Å². The van der Waals surface area contributed by atoms with E-state index in [1.165, 1.54) is 6.92 Å². The van der Waals surface area contributed by atoms with Gasteiger partial charge in [0.15, 0.2) is 0 Å². The van der Waals surface area contributed by atoms with Gasteiger partial charge in [-0.05, 0) is 26.0 Å². The first-order valence-corrected chi connectivity index (χ1v) is 7.74. The Labute approximate surface area is 142 Å². The maximum Gasteiger partial charge on any atom is 0.340 e. The van der Waals surface area contributed by atoms with Gasteiger partial charge in [0.25, 0.3) is 6.43 Å². The molecule has 0 amide bonds. The SMILES string of the molecule is CCOC(=O)c1cc(C#N)c(C2CNCCC2C(=O)O)nc1C(F)F. The zero-order valence-corrected chi connectivity index (χ0v) is 13.5. The van der Waals surface area contributed by atoms with E-state index in [9.17, 15) is 28.7 Å². The molecule has 1 aromatic rings. The predicted octanol–water partition coefficient (Wildman–Crippen LogP) is 1.85. The molecule has 7 nitrogen and oxygen atoms in total. The Morgan fingerprint density at radius 1 is 1.56 bits per heavy atom. The highest BCUT2D eigenvalue weighted by Gasteiger charge is 2.36. The van der Waals surface area contributed by atoms with E-state index in [0.717, 1.165) is 6.07 Å². The van der Waals surface area contributed by atoms with Gasteiger partial charge < -0.3 is 15.2 Å². The Hall–Kier alpha value is -2.60. The minimum atomic E-state index is -3.06. The highest BCUT2D eigenvalue weighted by Crippen LogP contribution is 2.33. The molecule has 0 bridgehead atoms. The summed E-state index contributed by atoms with van der Waals surface area (Å²) in [5.41, 5.74) is -1.42. The monoisotopic (exact) mass is 353 g/mol. The zero-order chi connectivity index (χ0) is 18.6. The summed E-state index contributed by atoms with van der Waals surface area (Å²) in [6, 6.07) is 2.83. The van der Waals surface area contributed by atoms with Crippen molar-refractivity contribution in [2.45, 2.75) is 25.7 Å². The van der Waals surface area contributed by atoms with Crippen LogP contribution >= 0.6 is 0 Å². The van der Waals surface area contributed by atoms with Crippen molar-refractivity contribution in [3.8, 4) is 6.07 Å². The summed E-state index contributed by atoms with van der Waals surface area (Å²) < 4.78 is 31.5. The van der Waals surface area contributed by atoms with Gasteiger partial charge in [0.2, 0.25) is 0 Å². The number of pyridine rings is 1. The first kappa shape index (κ1) is 18.7. The standard InChI is InChI=1S/C16H17F2N3O4/c1-2-25-16(24)10-5-8(6-19)12(21-13(10)14(17)18)11-7-20-4-3-9(11)15(22)23/h5,9,11,14,20H,2-4,7H2,1H3,(H,22,23). The molecule has 1 aromatic heterocycles. The van der Waals surface area contributed by atoms with E-state index in [1.807, 2.05) is 6.07 Å². The van der Waals surface area contributed by atoms with Crippen LogP contribution in [0.3, 0.4) is 0 Å². The minimum absolute atomic E-state index is 0.0151. The lowest BCUT2D eigenvalue weighted by Crippen LogP contribution is -2.39. The number of aliphatic carboxylic acids is 1. The normalized spacial score (nSPS) is 20.1. The number of carboxylic acid groups (broad SMARTS) is 1. The predicted molar refractivity (Wildman–Crippen MR) is 81.2 cm³/mol. The molecule has 0 saturated carbocycles. The first-order valence-electron chi connectivity index (χ1n) is 7.74. The molecule has 1 fully saturated rings. The van der Waals surface area contributed by atoms with Crippen LogP contribution in [0.15, 0.2) is 6.07 Å². The summed E-state index contributed by atoms with van der Waals surface area (Å²) in [4.78, 5) is 27.2. The molecule has 0 radical (unpaired) electrons. The lowest BCUT2D eigenvalue weighted by atomic mass is 9.82. The minimum Gasteiger partial charge on any atom is -0.481 e. The second-order valence-corrected chi connectivity index (χ2v) is 5.53. The van der Waals surface area contributed by atoms with Gasteiger partial charge in [-0.2, -0.15) is 5.26 Å². The average Bonchev–Trinajstić information content (AvgIpc) is 2.60. The number of esters is 1. The molecule has 1 aliphatic heterocycles. The van der Waals surface area contributed by atoms with E-state index in [4.69, 9.17) is 4.74 Å². The third-order valence-electron chi connectivity index (χ3n) is 4.05. The van der Waals surface area contributed by atoms with E-state index in [2.05, 4.69) is 10.3 Å². The Bertz CT molecular complexity index is 718. The van der Waals surface area contributed by atoms with Crippen molar-refractivity contribution in [2.24, 2.45) is 5.92 Å². The van der Waals surface area contributed by atoms with Crippen molar-refractivity contribution in [3.05, 3.63) is 28.6 Å². The molecule has 134 valence electrons. The Morgan fingerprint density at radius 2 is 2.28 bits per heavy atom. The molecular formula is C16H17F2N3O4. The van der Waals surface area contributed by atoms with Crippen LogP contribution in [0.25, 0.3) is 0 Å². The van der Waals surface area contributed by atoms with Crippen LogP contribution in [0.5, 0.6) is 0 Å². The van der Waals surface area contributed by atoms with Crippen molar-refractivity contribution in [2.75, 3.05) is 19.7 Å². The van der Waals surface area contributed by atoms with Crippen LogP contribution in [0.1, 0.15) is 53.0 Å². The number of rotatable bonds is 5. The lowest BCUT2D eigenvalue weighted by molar-refractivity contribution is -0.143. The summed E-state index contributed by atoms with van der Waals surface area (Å²) in [5, 5.41) is 21.7. The molecule has 0 aromatic carbocycles. The maximum absolute atomic E-state index is 13.4. The number of hydrogen-bond acceptors (Lipinski definition) is 6. The number of piperidine rings is 1. The smallest absolute Gasteiger partial charge is 0.340 e. The summed E-state index contributed by atoms with van der Waals surface area (Å²) in [5.74, 6) is -3.66. The van der Waals surface area contributed by atoms with Gasteiger partial charge in [-0.15, -0.1) is 0 Å². The van der Waals surface area contributed by atoms with Crippen LogP contribution < -0.4 is 5.32 Å². The van der Waals surface area contributed by atoms with Crippen LogP contribution in [0.2, 0.25) is 0 Å². The molecule has 0 aliphatic carbocycles. The largest absolute Gasteiger partial charge is 0.481 e. The topological polar surface area (TPSA) is 112 Å². The number of carbonyl (C=O) groups is 2. The Balaban J connectivity index is 2.58. The number of carbonyl (C=O) groups excluding carboxylic acids is 1. The van der Waals surface area contributed by atoms with E-state index in [-0.39, 0.29) is 30.8 Å². The number of nitriles is 1. The zero-order valence-electron chi connectivity index (χ0n) is 13.5. The summed E-state index contributed by atoms with van der Waals surface area (Å²) in [6.07, 6.45) is -2.78. The summed E-state index contributed by atoms with van der Waals surface area (Å²) >= 11 is 0. The number of carboxylic acids is 1. The van der Waals surface area contributed by atoms with E-state index < -0.39 is 41.5 Å². The van der Waals surface area contributed by atoms with Crippen LogP contribution in [-0.2, 0) is 9.53 Å². The fraction of sp³-hybridized carbons (Fsp3) is 0.500. The first-order chi connectivity index (χ1) is 11.9. The van der Waals surface area contributed by atoms with E-state index >= 15 is 0 Å². The molecular weight excluding hydrogens is 336 g/mol.